The summed E-state index contributed by atoms with van der Waals surface area (Å²) in [6.07, 6.45) is 1.98. The van der Waals surface area contributed by atoms with Crippen molar-refractivity contribution in [3.8, 4) is 11.5 Å². The summed E-state index contributed by atoms with van der Waals surface area (Å²) < 4.78 is 16.2. The first kappa shape index (κ1) is 13.2. The molecule has 0 unspecified atom stereocenters. The van der Waals surface area contributed by atoms with E-state index in [0.29, 0.717) is 5.92 Å². The lowest BCUT2D eigenvalue weighted by molar-refractivity contribution is 0.0578. The maximum Gasteiger partial charge on any atom is 0.127 e. The fourth-order valence-corrected chi connectivity index (χ4v) is 2.52. The first-order chi connectivity index (χ1) is 8.77. The standard InChI is InChI=1S/C14H21NO3/c1-16-11-4-3-5-12(17-2)13(11)14(15)10-6-8-18-9-7-10/h3-5,10,14H,6-9,15H2,1-2H3/t14-/m0/s1. The zero-order chi connectivity index (χ0) is 13.0. The van der Waals surface area contributed by atoms with Crippen LogP contribution in [-0.2, 0) is 4.74 Å². The van der Waals surface area contributed by atoms with Gasteiger partial charge in [0, 0.05) is 19.3 Å². The quantitative estimate of drug-likeness (QED) is 0.890. The van der Waals surface area contributed by atoms with E-state index in [1.807, 2.05) is 18.2 Å². The number of hydrogen-bond acceptors (Lipinski definition) is 4. The molecule has 0 amide bonds. The van der Waals surface area contributed by atoms with Gasteiger partial charge in [-0.3, -0.25) is 0 Å². The number of rotatable bonds is 4. The van der Waals surface area contributed by atoms with E-state index in [1.165, 1.54) is 0 Å². The van der Waals surface area contributed by atoms with Gasteiger partial charge in [0.15, 0.2) is 0 Å². The molecule has 0 spiro atoms. The Bertz CT molecular complexity index is 366. The summed E-state index contributed by atoms with van der Waals surface area (Å²) in [6, 6.07) is 5.70. The molecule has 1 aliphatic rings. The number of ether oxygens (including phenoxy) is 3. The van der Waals surface area contributed by atoms with Crippen molar-refractivity contribution in [1.82, 2.24) is 0 Å². The Morgan fingerprint density at radius 2 is 1.72 bits per heavy atom. The van der Waals surface area contributed by atoms with Crippen molar-refractivity contribution >= 4 is 0 Å². The Morgan fingerprint density at radius 3 is 2.22 bits per heavy atom. The van der Waals surface area contributed by atoms with Crippen molar-refractivity contribution in [2.75, 3.05) is 27.4 Å². The Morgan fingerprint density at radius 1 is 1.17 bits per heavy atom. The third-order valence-corrected chi connectivity index (χ3v) is 3.57. The van der Waals surface area contributed by atoms with Crippen molar-refractivity contribution < 1.29 is 14.2 Å². The second-order valence-electron chi connectivity index (χ2n) is 4.55. The second-order valence-corrected chi connectivity index (χ2v) is 4.55. The van der Waals surface area contributed by atoms with Gasteiger partial charge in [0.05, 0.1) is 19.8 Å². The largest absolute Gasteiger partial charge is 0.496 e. The van der Waals surface area contributed by atoms with Crippen molar-refractivity contribution in [3.63, 3.8) is 0 Å². The Balaban J connectivity index is 2.29. The highest BCUT2D eigenvalue weighted by molar-refractivity contribution is 5.47. The van der Waals surface area contributed by atoms with Crippen molar-refractivity contribution in [3.05, 3.63) is 23.8 Å². The summed E-state index contributed by atoms with van der Waals surface area (Å²) >= 11 is 0. The molecule has 4 heteroatoms. The van der Waals surface area contributed by atoms with Crippen LogP contribution < -0.4 is 15.2 Å². The third-order valence-electron chi connectivity index (χ3n) is 3.57. The third kappa shape index (κ3) is 2.60. The van der Waals surface area contributed by atoms with Gasteiger partial charge in [-0.1, -0.05) is 6.07 Å². The minimum absolute atomic E-state index is 0.0694. The SMILES string of the molecule is COc1cccc(OC)c1[C@@H](N)C1CCOCC1. The predicted octanol–water partition coefficient (Wildman–Crippen LogP) is 2.13. The lowest BCUT2D eigenvalue weighted by Crippen LogP contribution is -2.28. The summed E-state index contributed by atoms with van der Waals surface area (Å²) in [5, 5.41) is 0. The molecule has 0 saturated carbocycles. The summed E-state index contributed by atoms with van der Waals surface area (Å²) in [6.45, 7) is 1.58. The van der Waals surface area contributed by atoms with Gasteiger partial charge in [0.2, 0.25) is 0 Å². The molecule has 1 aromatic carbocycles. The highest BCUT2D eigenvalue weighted by atomic mass is 16.5. The molecule has 0 bridgehead atoms. The molecule has 1 aliphatic heterocycles. The van der Waals surface area contributed by atoms with E-state index in [0.717, 1.165) is 43.1 Å². The van der Waals surface area contributed by atoms with Crippen LogP contribution in [0, 0.1) is 5.92 Å². The second kappa shape index (κ2) is 6.07. The van der Waals surface area contributed by atoms with Crippen LogP contribution in [0.4, 0.5) is 0 Å². The van der Waals surface area contributed by atoms with Gasteiger partial charge in [0.1, 0.15) is 11.5 Å². The molecule has 2 rings (SSSR count). The summed E-state index contributed by atoms with van der Waals surface area (Å²) in [4.78, 5) is 0. The first-order valence-corrected chi connectivity index (χ1v) is 6.32. The van der Waals surface area contributed by atoms with Crippen molar-refractivity contribution in [1.29, 1.82) is 0 Å². The molecule has 4 nitrogen and oxygen atoms in total. The molecule has 1 atom stereocenters. The zero-order valence-corrected chi connectivity index (χ0v) is 11.0. The average molecular weight is 251 g/mol. The van der Waals surface area contributed by atoms with Crippen LogP contribution in [0.15, 0.2) is 18.2 Å². The molecule has 1 heterocycles. The number of methoxy groups -OCH3 is 2. The summed E-state index contributed by atoms with van der Waals surface area (Å²) in [7, 11) is 3.32. The molecule has 1 fully saturated rings. The average Bonchev–Trinajstić information content (AvgIpc) is 2.46. The van der Waals surface area contributed by atoms with Gasteiger partial charge >= 0.3 is 0 Å². The molecule has 0 aromatic heterocycles. The predicted molar refractivity (Wildman–Crippen MR) is 70.0 cm³/mol. The maximum absolute atomic E-state index is 6.41. The molecular formula is C14H21NO3. The molecule has 18 heavy (non-hydrogen) atoms. The van der Waals surface area contributed by atoms with E-state index in [2.05, 4.69) is 0 Å². The molecule has 0 aliphatic carbocycles. The lowest BCUT2D eigenvalue weighted by atomic mass is 9.87. The highest BCUT2D eigenvalue weighted by Crippen LogP contribution is 2.38. The first-order valence-electron chi connectivity index (χ1n) is 6.32. The number of nitrogens with two attached hydrogens (primary N) is 1. The molecule has 1 aromatic rings. The smallest absolute Gasteiger partial charge is 0.127 e. The van der Waals surface area contributed by atoms with Crippen LogP contribution >= 0.6 is 0 Å². The van der Waals surface area contributed by atoms with Gasteiger partial charge in [-0.15, -0.1) is 0 Å². The number of hydrogen-bond donors (Lipinski definition) is 1. The lowest BCUT2D eigenvalue weighted by Gasteiger charge is -2.29. The maximum atomic E-state index is 6.41. The molecule has 2 N–H and O–H groups in total. The van der Waals surface area contributed by atoms with Crippen LogP contribution in [0.1, 0.15) is 24.4 Å². The Kier molecular flexibility index (Phi) is 4.44. The van der Waals surface area contributed by atoms with Crippen molar-refractivity contribution in [2.24, 2.45) is 11.7 Å². The van der Waals surface area contributed by atoms with Gasteiger partial charge in [-0.25, -0.2) is 0 Å². The molecule has 0 radical (unpaired) electrons. The van der Waals surface area contributed by atoms with Gasteiger partial charge < -0.3 is 19.9 Å². The van der Waals surface area contributed by atoms with Crippen LogP contribution in [0.5, 0.6) is 11.5 Å². The van der Waals surface area contributed by atoms with Gasteiger partial charge in [0.25, 0.3) is 0 Å². The monoisotopic (exact) mass is 251 g/mol. The van der Waals surface area contributed by atoms with E-state index in [4.69, 9.17) is 19.9 Å². The van der Waals surface area contributed by atoms with Crippen LogP contribution in [0.3, 0.4) is 0 Å². The molecule has 100 valence electrons. The highest BCUT2D eigenvalue weighted by Gasteiger charge is 2.27. The van der Waals surface area contributed by atoms with E-state index in [-0.39, 0.29) is 6.04 Å². The van der Waals surface area contributed by atoms with Crippen LogP contribution in [-0.4, -0.2) is 27.4 Å². The van der Waals surface area contributed by atoms with Gasteiger partial charge in [-0.2, -0.15) is 0 Å². The summed E-state index contributed by atoms with van der Waals surface area (Å²) in [5.41, 5.74) is 7.37. The van der Waals surface area contributed by atoms with Gasteiger partial charge in [-0.05, 0) is 30.9 Å². The van der Waals surface area contributed by atoms with Crippen LogP contribution in [0.25, 0.3) is 0 Å². The minimum Gasteiger partial charge on any atom is -0.496 e. The molecule has 1 saturated heterocycles. The Hall–Kier alpha value is -1.26. The normalized spacial score (nSPS) is 18.4. The zero-order valence-electron chi connectivity index (χ0n) is 11.0. The topological polar surface area (TPSA) is 53.7 Å². The molecular weight excluding hydrogens is 230 g/mol. The van der Waals surface area contributed by atoms with Crippen LogP contribution in [0.2, 0.25) is 0 Å². The minimum atomic E-state index is -0.0694. The van der Waals surface area contributed by atoms with E-state index in [9.17, 15) is 0 Å². The number of benzene rings is 1. The van der Waals surface area contributed by atoms with E-state index < -0.39 is 0 Å². The summed E-state index contributed by atoms with van der Waals surface area (Å²) in [5.74, 6) is 2.02. The van der Waals surface area contributed by atoms with Crippen molar-refractivity contribution in [2.45, 2.75) is 18.9 Å². The fourth-order valence-electron chi connectivity index (χ4n) is 2.52. The van der Waals surface area contributed by atoms with E-state index in [1.54, 1.807) is 14.2 Å². The van der Waals surface area contributed by atoms with E-state index >= 15 is 0 Å². The Labute approximate surface area is 108 Å². The fraction of sp³-hybridized carbons (Fsp3) is 0.571.